The average Bonchev–Trinajstić information content (AvgIpc) is 1.81. The van der Waals surface area contributed by atoms with E-state index in [1.807, 2.05) is 4.90 Å². The molecular weight excluding hydrogens is 152 g/mol. The second-order valence-electron chi connectivity index (χ2n) is 3.64. The van der Waals surface area contributed by atoms with Crippen molar-refractivity contribution in [2.24, 2.45) is 5.41 Å². The topological polar surface area (TPSA) is 32.3 Å². The summed E-state index contributed by atoms with van der Waals surface area (Å²) in [6.07, 6.45) is 0. The molecular formula is C9H12N2O. The number of likely N-dealkylation sites (tertiary alicyclic amines) is 1. The molecule has 2 aliphatic heterocycles. The molecule has 0 saturated carbocycles. The summed E-state index contributed by atoms with van der Waals surface area (Å²) < 4.78 is 0. The molecule has 2 aliphatic rings. The molecule has 2 saturated heterocycles. The molecule has 2 heterocycles. The molecule has 1 N–H and O–H groups in total. The van der Waals surface area contributed by atoms with Gasteiger partial charge in [-0.05, 0) is 12.8 Å². The lowest BCUT2D eigenvalue weighted by atomic mass is 9.74. The van der Waals surface area contributed by atoms with Gasteiger partial charge in [0.1, 0.15) is 0 Å². The summed E-state index contributed by atoms with van der Waals surface area (Å²) in [6, 6.07) is 0. The third-order valence-electron chi connectivity index (χ3n) is 2.57. The standard InChI is InChI=1S/C9H12N2O/c1-2-3-8(12)11-6-9(7-11)4-10-5-9/h10H,4-7H2,1H3. The summed E-state index contributed by atoms with van der Waals surface area (Å²) >= 11 is 0. The van der Waals surface area contributed by atoms with E-state index in [4.69, 9.17) is 0 Å². The maximum atomic E-state index is 11.2. The van der Waals surface area contributed by atoms with Crippen molar-refractivity contribution >= 4 is 5.91 Å². The number of nitrogens with one attached hydrogen (secondary N) is 1. The van der Waals surface area contributed by atoms with Crippen LogP contribution in [0.1, 0.15) is 6.92 Å². The van der Waals surface area contributed by atoms with Crippen LogP contribution in [0.25, 0.3) is 0 Å². The average molecular weight is 164 g/mol. The van der Waals surface area contributed by atoms with Gasteiger partial charge in [-0.3, -0.25) is 4.79 Å². The molecule has 0 atom stereocenters. The highest BCUT2D eigenvalue weighted by atomic mass is 16.2. The second kappa shape index (κ2) is 2.49. The van der Waals surface area contributed by atoms with Crippen LogP contribution in [0, 0.1) is 17.3 Å². The Labute approximate surface area is 72.1 Å². The SMILES string of the molecule is CC#CC(=O)N1CC2(CNC2)C1. The van der Waals surface area contributed by atoms with E-state index in [1.54, 1.807) is 6.92 Å². The second-order valence-corrected chi connectivity index (χ2v) is 3.64. The van der Waals surface area contributed by atoms with E-state index in [2.05, 4.69) is 17.2 Å². The van der Waals surface area contributed by atoms with Gasteiger partial charge in [0, 0.05) is 31.6 Å². The molecule has 1 spiro atoms. The van der Waals surface area contributed by atoms with Crippen molar-refractivity contribution in [3.05, 3.63) is 0 Å². The largest absolute Gasteiger partial charge is 0.330 e. The van der Waals surface area contributed by atoms with E-state index >= 15 is 0 Å². The minimum absolute atomic E-state index is 0.0185. The molecule has 12 heavy (non-hydrogen) atoms. The molecule has 0 aromatic rings. The number of amides is 1. The number of carbonyl (C=O) groups excluding carboxylic acids is 1. The first-order chi connectivity index (χ1) is 5.76. The lowest BCUT2D eigenvalue weighted by Gasteiger charge is -2.55. The predicted molar refractivity (Wildman–Crippen MR) is 45.3 cm³/mol. The van der Waals surface area contributed by atoms with Crippen molar-refractivity contribution in [2.75, 3.05) is 26.2 Å². The molecule has 3 heteroatoms. The smallest absolute Gasteiger partial charge is 0.298 e. The van der Waals surface area contributed by atoms with Crippen LogP contribution in [0.4, 0.5) is 0 Å². The molecule has 0 aliphatic carbocycles. The zero-order valence-corrected chi connectivity index (χ0v) is 7.18. The molecule has 64 valence electrons. The van der Waals surface area contributed by atoms with Gasteiger partial charge in [0.2, 0.25) is 0 Å². The third kappa shape index (κ3) is 0.997. The highest BCUT2D eigenvalue weighted by molar-refractivity contribution is 5.94. The molecule has 1 amide bonds. The van der Waals surface area contributed by atoms with Crippen LogP contribution in [-0.4, -0.2) is 37.0 Å². The molecule has 0 unspecified atom stereocenters. The molecule has 2 fully saturated rings. The monoisotopic (exact) mass is 164 g/mol. The summed E-state index contributed by atoms with van der Waals surface area (Å²) in [6.45, 7) is 5.62. The molecule has 0 aromatic carbocycles. The summed E-state index contributed by atoms with van der Waals surface area (Å²) in [5.41, 5.74) is 0.422. The van der Waals surface area contributed by atoms with E-state index in [0.717, 1.165) is 26.2 Å². The van der Waals surface area contributed by atoms with Gasteiger partial charge in [-0.1, -0.05) is 5.92 Å². The highest BCUT2D eigenvalue weighted by Crippen LogP contribution is 2.33. The highest BCUT2D eigenvalue weighted by Gasteiger charge is 2.48. The Kier molecular flexibility index (Phi) is 1.59. The van der Waals surface area contributed by atoms with Gasteiger partial charge < -0.3 is 10.2 Å². The van der Waals surface area contributed by atoms with Crippen LogP contribution in [0.5, 0.6) is 0 Å². The van der Waals surface area contributed by atoms with Crippen LogP contribution in [0.3, 0.4) is 0 Å². The molecule has 0 radical (unpaired) electrons. The number of nitrogens with zero attached hydrogens (tertiary/aromatic N) is 1. The van der Waals surface area contributed by atoms with Gasteiger partial charge in [-0.15, -0.1) is 0 Å². The van der Waals surface area contributed by atoms with Crippen molar-refractivity contribution in [3.8, 4) is 11.8 Å². The van der Waals surface area contributed by atoms with Crippen LogP contribution < -0.4 is 5.32 Å². The van der Waals surface area contributed by atoms with E-state index in [9.17, 15) is 4.79 Å². The Balaban J connectivity index is 1.86. The van der Waals surface area contributed by atoms with Gasteiger partial charge >= 0.3 is 0 Å². The third-order valence-corrected chi connectivity index (χ3v) is 2.57. The van der Waals surface area contributed by atoms with Gasteiger partial charge in [0.25, 0.3) is 5.91 Å². The molecule has 0 bridgehead atoms. The van der Waals surface area contributed by atoms with E-state index < -0.39 is 0 Å². The maximum absolute atomic E-state index is 11.2. The lowest BCUT2D eigenvalue weighted by Crippen LogP contribution is -2.71. The van der Waals surface area contributed by atoms with Crippen LogP contribution in [0.2, 0.25) is 0 Å². The first kappa shape index (κ1) is 7.63. The first-order valence-electron chi connectivity index (χ1n) is 4.18. The minimum Gasteiger partial charge on any atom is -0.330 e. The van der Waals surface area contributed by atoms with Gasteiger partial charge in [0.15, 0.2) is 0 Å². The van der Waals surface area contributed by atoms with E-state index in [0.29, 0.717) is 5.41 Å². The van der Waals surface area contributed by atoms with Crippen LogP contribution >= 0.6 is 0 Å². The van der Waals surface area contributed by atoms with Crippen molar-refractivity contribution in [1.82, 2.24) is 10.2 Å². The fraction of sp³-hybridized carbons (Fsp3) is 0.667. The number of hydrogen-bond acceptors (Lipinski definition) is 2. The molecule has 3 nitrogen and oxygen atoms in total. The Morgan fingerprint density at radius 2 is 2.17 bits per heavy atom. The van der Waals surface area contributed by atoms with E-state index in [-0.39, 0.29) is 5.91 Å². The fourth-order valence-electron chi connectivity index (χ4n) is 1.80. The van der Waals surface area contributed by atoms with Gasteiger partial charge in [0.05, 0.1) is 0 Å². The predicted octanol–water partition coefficient (Wildman–Crippen LogP) is -0.558. The minimum atomic E-state index is -0.0185. The summed E-state index contributed by atoms with van der Waals surface area (Å²) in [5, 5.41) is 3.22. The molecule has 0 aromatic heterocycles. The summed E-state index contributed by atoms with van der Waals surface area (Å²) in [5.74, 6) is 5.15. The number of carbonyl (C=O) groups is 1. The van der Waals surface area contributed by atoms with Crippen LogP contribution in [-0.2, 0) is 4.79 Å². The normalized spacial score (nSPS) is 23.6. The Bertz CT molecular complexity index is 262. The number of rotatable bonds is 0. The van der Waals surface area contributed by atoms with Crippen molar-refractivity contribution in [1.29, 1.82) is 0 Å². The van der Waals surface area contributed by atoms with Crippen molar-refractivity contribution in [2.45, 2.75) is 6.92 Å². The van der Waals surface area contributed by atoms with Gasteiger partial charge in [-0.25, -0.2) is 0 Å². The zero-order chi connectivity index (χ0) is 8.60. The van der Waals surface area contributed by atoms with Crippen molar-refractivity contribution in [3.63, 3.8) is 0 Å². The Hall–Kier alpha value is -1.01. The summed E-state index contributed by atoms with van der Waals surface area (Å²) in [7, 11) is 0. The maximum Gasteiger partial charge on any atom is 0.298 e. The van der Waals surface area contributed by atoms with Crippen molar-refractivity contribution < 1.29 is 4.79 Å². The Morgan fingerprint density at radius 1 is 1.50 bits per heavy atom. The quantitative estimate of drug-likeness (QED) is 0.487. The van der Waals surface area contributed by atoms with Crippen LogP contribution in [0.15, 0.2) is 0 Å². The van der Waals surface area contributed by atoms with E-state index in [1.165, 1.54) is 0 Å². The fourth-order valence-corrected chi connectivity index (χ4v) is 1.80. The summed E-state index contributed by atoms with van der Waals surface area (Å²) in [4.78, 5) is 13.0. The first-order valence-corrected chi connectivity index (χ1v) is 4.18. The zero-order valence-electron chi connectivity index (χ0n) is 7.18. The molecule has 2 rings (SSSR count). The number of hydrogen-bond donors (Lipinski definition) is 1. The van der Waals surface area contributed by atoms with Gasteiger partial charge in [-0.2, -0.15) is 0 Å². The Morgan fingerprint density at radius 3 is 2.58 bits per heavy atom. The lowest BCUT2D eigenvalue weighted by molar-refractivity contribution is -0.140.